The van der Waals surface area contributed by atoms with Crippen molar-refractivity contribution in [1.29, 1.82) is 0 Å². The first-order chi connectivity index (χ1) is 17.9. The van der Waals surface area contributed by atoms with Crippen LogP contribution in [0, 0.1) is 0 Å². The Morgan fingerprint density at radius 1 is 1.05 bits per heavy atom. The van der Waals surface area contributed by atoms with E-state index >= 15 is 0 Å². The lowest BCUT2D eigenvalue weighted by Crippen LogP contribution is -2.28. The van der Waals surface area contributed by atoms with Crippen LogP contribution in [0.5, 0.6) is 5.75 Å². The predicted octanol–water partition coefficient (Wildman–Crippen LogP) is 3.38. The van der Waals surface area contributed by atoms with Gasteiger partial charge in [-0.25, -0.2) is 8.42 Å². The lowest BCUT2D eigenvalue weighted by atomic mass is 10.1. The highest BCUT2D eigenvalue weighted by molar-refractivity contribution is 7.89. The zero-order chi connectivity index (χ0) is 26.3. The second-order valence-electron chi connectivity index (χ2n) is 8.72. The molecule has 1 fully saturated rings. The molecule has 2 amide bonds. The van der Waals surface area contributed by atoms with E-state index < -0.39 is 10.0 Å². The second-order valence-corrected chi connectivity index (χ2v) is 10.7. The molecule has 1 aromatic heterocycles. The summed E-state index contributed by atoms with van der Waals surface area (Å²) in [6, 6.07) is 15.2. The number of methoxy groups -OCH3 is 1. The number of para-hydroxylation sites is 1. The number of aryl methyl sites for hydroxylation is 1. The van der Waals surface area contributed by atoms with Gasteiger partial charge in [-0.3, -0.25) is 14.6 Å². The van der Waals surface area contributed by atoms with Crippen LogP contribution in [-0.2, 0) is 27.8 Å². The number of ether oxygens (including phenoxy) is 1. The van der Waals surface area contributed by atoms with Crippen molar-refractivity contribution in [3.05, 3.63) is 83.7 Å². The van der Waals surface area contributed by atoms with E-state index in [1.807, 2.05) is 6.07 Å². The van der Waals surface area contributed by atoms with Crippen LogP contribution in [0.3, 0.4) is 0 Å². The van der Waals surface area contributed by atoms with Crippen LogP contribution in [0.2, 0.25) is 0 Å². The molecular formula is C27H30N4O5S. The highest BCUT2D eigenvalue weighted by Crippen LogP contribution is 2.27. The zero-order valence-electron chi connectivity index (χ0n) is 20.6. The number of benzene rings is 2. The van der Waals surface area contributed by atoms with Crippen LogP contribution in [-0.4, -0.2) is 49.7 Å². The Kier molecular flexibility index (Phi) is 8.52. The fourth-order valence-corrected chi connectivity index (χ4v) is 5.79. The van der Waals surface area contributed by atoms with E-state index in [-0.39, 0.29) is 29.6 Å². The highest BCUT2D eigenvalue weighted by Gasteiger charge is 2.28. The largest absolute Gasteiger partial charge is 0.496 e. The van der Waals surface area contributed by atoms with Crippen molar-refractivity contribution in [2.75, 3.05) is 25.5 Å². The summed E-state index contributed by atoms with van der Waals surface area (Å²) >= 11 is 0. The highest BCUT2D eigenvalue weighted by atomic mass is 32.2. The molecule has 1 saturated heterocycles. The summed E-state index contributed by atoms with van der Waals surface area (Å²) in [7, 11) is -2.08. The molecule has 0 aliphatic carbocycles. The minimum atomic E-state index is -3.59. The van der Waals surface area contributed by atoms with E-state index in [0.29, 0.717) is 42.2 Å². The normalized spacial score (nSPS) is 13.8. The summed E-state index contributed by atoms with van der Waals surface area (Å²) in [6.07, 6.45) is 5.39. The van der Waals surface area contributed by atoms with Crippen LogP contribution < -0.4 is 15.4 Å². The summed E-state index contributed by atoms with van der Waals surface area (Å²) in [6.45, 7) is 1.34. The van der Waals surface area contributed by atoms with Crippen LogP contribution in [0.1, 0.15) is 40.7 Å². The van der Waals surface area contributed by atoms with Gasteiger partial charge in [0.1, 0.15) is 5.75 Å². The monoisotopic (exact) mass is 522 g/mol. The third kappa shape index (κ3) is 6.52. The van der Waals surface area contributed by atoms with Crippen molar-refractivity contribution in [1.82, 2.24) is 14.6 Å². The molecule has 2 heterocycles. The number of pyridine rings is 1. The molecule has 1 aliphatic rings. The van der Waals surface area contributed by atoms with Gasteiger partial charge in [-0.15, -0.1) is 0 Å². The molecule has 2 N–H and O–H groups in total. The van der Waals surface area contributed by atoms with E-state index in [1.165, 1.54) is 17.5 Å². The van der Waals surface area contributed by atoms with Crippen LogP contribution in [0.25, 0.3) is 0 Å². The quantitative estimate of drug-likeness (QED) is 0.422. The third-order valence-corrected chi connectivity index (χ3v) is 8.09. The molecule has 0 unspecified atom stereocenters. The Morgan fingerprint density at radius 2 is 1.84 bits per heavy atom. The summed E-state index contributed by atoms with van der Waals surface area (Å²) in [5, 5.41) is 5.65. The zero-order valence-corrected chi connectivity index (χ0v) is 21.5. The Morgan fingerprint density at radius 3 is 2.57 bits per heavy atom. The number of nitrogens with zero attached hydrogens (tertiary/aromatic N) is 2. The van der Waals surface area contributed by atoms with Gasteiger partial charge in [0, 0.05) is 38.4 Å². The van der Waals surface area contributed by atoms with Crippen molar-refractivity contribution in [2.24, 2.45) is 0 Å². The molecule has 194 valence electrons. The fraction of sp³-hybridized carbons (Fsp3) is 0.296. The van der Waals surface area contributed by atoms with Gasteiger partial charge in [0.2, 0.25) is 15.9 Å². The molecule has 37 heavy (non-hydrogen) atoms. The minimum Gasteiger partial charge on any atom is -0.496 e. The van der Waals surface area contributed by atoms with Crippen molar-refractivity contribution in [3.8, 4) is 5.75 Å². The molecule has 1 aliphatic heterocycles. The smallest absolute Gasteiger partial charge is 0.253 e. The molecule has 0 spiro atoms. The molecule has 0 radical (unpaired) electrons. The predicted molar refractivity (Wildman–Crippen MR) is 140 cm³/mol. The molecular weight excluding hydrogens is 492 g/mol. The molecule has 0 atom stereocenters. The number of hydrogen-bond acceptors (Lipinski definition) is 6. The maximum Gasteiger partial charge on any atom is 0.253 e. The van der Waals surface area contributed by atoms with Gasteiger partial charge in [0.05, 0.1) is 23.3 Å². The first-order valence-corrected chi connectivity index (χ1v) is 13.6. The Hall–Kier alpha value is -3.76. The average Bonchev–Trinajstić information content (AvgIpc) is 3.47. The van der Waals surface area contributed by atoms with E-state index in [2.05, 4.69) is 15.6 Å². The molecule has 0 bridgehead atoms. The maximum absolute atomic E-state index is 13.0. The third-order valence-electron chi connectivity index (χ3n) is 6.20. The summed E-state index contributed by atoms with van der Waals surface area (Å²) < 4.78 is 32.8. The van der Waals surface area contributed by atoms with E-state index in [1.54, 1.807) is 54.9 Å². The van der Waals surface area contributed by atoms with Crippen molar-refractivity contribution in [3.63, 3.8) is 0 Å². The maximum atomic E-state index is 13.0. The number of anilines is 1. The number of hydrogen-bond donors (Lipinski definition) is 2. The van der Waals surface area contributed by atoms with E-state index in [9.17, 15) is 18.0 Å². The van der Waals surface area contributed by atoms with Gasteiger partial charge >= 0.3 is 0 Å². The SMILES string of the molecule is COc1ccc(S(=O)(=O)N2CCCC2)cc1CCC(=O)Nc1ccccc1C(=O)NCc1cccnc1. The molecule has 9 nitrogen and oxygen atoms in total. The van der Waals surface area contributed by atoms with Crippen LogP contribution in [0.15, 0.2) is 71.9 Å². The summed E-state index contributed by atoms with van der Waals surface area (Å²) in [4.78, 5) is 29.8. The number of rotatable bonds is 10. The van der Waals surface area contributed by atoms with Gasteiger partial charge in [0.15, 0.2) is 0 Å². The molecule has 4 rings (SSSR count). The van der Waals surface area contributed by atoms with E-state index in [0.717, 1.165) is 18.4 Å². The van der Waals surface area contributed by atoms with E-state index in [4.69, 9.17) is 4.74 Å². The second kappa shape index (κ2) is 12.0. The average molecular weight is 523 g/mol. The van der Waals surface area contributed by atoms with Gasteiger partial charge in [0.25, 0.3) is 5.91 Å². The fourth-order valence-electron chi connectivity index (χ4n) is 4.22. The minimum absolute atomic E-state index is 0.0786. The van der Waals surface area contributed by atoms with Crippen molar-refractivity contribution in [2.45, 2.75) is 37.1 Å². The topological polar surface area (TPSA) is 118 Å². The van der Waals surface area contributed by atoms with Crippen molar-refractivity contribution < 1.29 is 22.7 Å². The number of nitrogens with one attached hydrogen (secondary N) is 2. The van der Waals surface area contributed by atoms with Crippen LogP contribution >= 0.6 is 0 Å². The van der Waals surface area contributed by atoms with Gasteiger partial charge in [-0.1, -0.05) is 18.2 Å². The molecule has 2 aromatic carbocycles. The number of aromatic nitrogens is 1. The molecule has 0 saturated carbocycles. The summed E-state index contributed by atoms with van der Waals surface area (Å²) in [5.74, 6) is -0.105. The lowest BCUT2D eigenvalue weighted by molar-refractivity contribution is -0.116. The first kappa shape index (κ1) is 26.3. The van der Waals surface area contributed by atoms with Gasteiger partial charge in [-0.05, 0) is 66.8 Å². The van der Waals surface area contributed by atoms with Crippen molar-refractivity contribution >= 4 is 27.5 Å². The Bertz CT molecular complexity index is 1360. The number of sulfonamides is 1. The number of carbonyl (C=O) groups is 2. The molecule has 3 aromatic rings. The van der Waals surface area contributed by atoms with Gasteiger partial charge < -0.3 is 15.4 Å². The first-order valence-electron chi connectivity index (χ1n) is 12.1. The van der Waals surface area contributed by atoms with Gasteiger partial charge in [-0.2, -0.15) is 4.31 Å². The summed E-state index contributed by atoms with van der Waals surface area (Å²) in [5.41, 5.74) is 2.23. The number of amides is 2. The lowest BCUT2D eigenvalue weighted by Gasteiger charge is -2.17. The van der Waals surface area contributed by atoms with Crippen LogP contribution in [0.4, 0.5) is 5.69 Å². The Balaban J connectivity index is 1.41. The Labute approximate surface area is 216 Å². The number of carbonyl (C=O) groups excluding carboxylic acids is 2. The standard InChI is InChI=1S/C27H30N4O5S/c1-36-25-12-11-22(37(34,35)31-15-4-5-16-31)17-21(25)10-13-26(32)30-24-9-3-2-8-23(24)27(33)29-19-20-7-6-14-28-18-20/h2-3,6-9,11-12,14,17-18H,4-5,10,13,15-16,19H2,1H3,(H,29,33)(H,30,32). The molecule has 10 heteroatoms.